The smallest absolute Gasteiger partial charge is 0.0797 e. The average Bonchev–Trinajstić information content (AvgIpc) is 2.66. The molecule has 0 saturated heterocycles. The third-order valence-electron chi connectivity index (χ3n) is 2.59. The van der Waals surface area contributed by atoms with Gasteiger partial charge < -0.3 is 10.8 Å². The Bertz CT molecular complexity index is 118. The van der Waals surface area contributed by atoms with Crippen molar-refractivity contribution in [2.24, 2.45) is 11.7 Å². The van der Waals surface area contributed by atoms with Crippen LogP contribution < -0.4 is 5.73 Å². The standard InChI is InChI=1S/C8H17NO/c1-3-7(9)8(2,10)6-4-5-6/h6-7,10H,3-5,9H2,1-2H3. The molecule has 10 heavy (non-hydrogen) atoms. The van der Waals surface area contributed by atoms with Crippen molar-refractivity contribution in [1.82, 2.24) is 0 Å². The monoisotopic (exact) mass is 143 g/mol. The normalized spacial score (nSPS) is 27.6. The quantitative estimate of drug-likeness (QED) is 0.616. The van der Waals surface area contributed by atoms with Crippen LogP contribution in [0.25, 0.3) is 0 Å². The van der Waals surface area contributed by atoms with Gasteiger partial charge in [-0.25, -0.2) is 0 Å². The number of hydrogen-bond donors (Lipinski definition) is 2. The summed E-state index contributed by atoms with van der Waals surface area (Å²) in [6.07, 6.45) is 3.17. The summed E-state index contributed by atoms with van der Waals surface area (Å²) in [6.45, 7) is 3.88. The van der Waals surface area contributed by atoms with Crippen molar-refractivity contribution in [3.63, 3.8) is 0 Å². The van der Waals surface area contributed by atoms with E-state index in [-0.39, 0.29) is 6.04 Å². The van der Waals surface area contributed by atoms with Crippen molar-refractivity contribution in [2.75, 3.05) is 0 Å². The highest BCUT2D eigenvalue weighted by molar-refractivity contribution is 4.97. The summed E-state index contributed by atoms with van der Waals surface area (Å²) >= 11 is 0. The second-order valence-electron chi connectivity index (χ2n) is 3.51. The average molecular weight is 143 g/mol. The molecule has 1 saturated carbocycles. The second-order valence-corrected chi connectivity index (χ2v) is 3.51. The lowest BCUT2D eigenvalue weighted by Crippen LogP contribution is -2.46. The Morgan fingerprint density at radius 2 is 2.20 bits per heavy atom. The molecule has 2 heteroatoms. The summed E-state index contributed by atoms with van der Waals surface area (Å²) in [5, 5.41) is 9.80. The molecule has 60 valence electrons. The van der Waals surface area contributed by atoms with Crippen molar-refractivity contribution in [3.05, 3.63) is 0 Å². The lowest BCUT2D eigenvalue weighted by Gasteiger charge is -2.29. The SMILES string of the molecule is CCC(N)C(C)(O)C1CC1. The Labute approximate surface area is 62.4 Å². The molecule has 2 nitrogen and oxygen atoms in total. The Hall–Kier alpha value is -0.0800. The molecule has 0 radical (unpaired) electrons. The minimum Gasteiger partial charge on any atom is -0.388 e. The van der Waals surface area contributed by atoms with Gasteiger partial charge in [0.2, 0.25) is 0 Å². The van der Waals surface area contributed by atoms with Crippen LogP contribution in [0.2, 0.25) is 0 Å². The largest absolute Gasteiger partial charge is 0.388 e. The summed E-state index contributed by atoms with van der Waals surface area (Å²) in [5.41, 5.74) is 5.14. The first kappa shape index (κ1) is 8.02. The Morgan fingerprint density at radius 3 is 2.50 bits per heavy atom. The van der Waals surface area contributed by atoms with Crippen molar-refractivity contribution >= 4 is 0 Å². The van der Waals surface area contributed by atoms with Gasteiger partial charge >= 0.3 is 0 Å². The van der Waals surface area contributed by atoms with Gasteiger partial charge in [0, 0.05) is 6.04 Å². The van der Waals surface area contributed by atoms with Crippen molar-refractivity contribution < 1.29 is 5.11 Å². The number of nitrogens with two attached hydrogens (primary N) is 1. The van der Waals surface area contributed by atoms with Crippen LogP contribution in [0.4, 0.5) is 0 Å². The molecule has 0 spiro atoms. The van der Waals surface area contributed by atoms with E-state index in [1.807, 2.05) is 13.8 Å². The van der Waals surface area contributed by atoms with Crippen LogP contribution in [-0.4, -0.2) is 16.7 Å². The zero-order valence-electron chi connectivity index (χ0n) is 6.80. The molecule has 1 fully saturated rings. The predicted octanol–water partition coefficient (Wildman–Crippen LogP) is 0.885. The van der Waals surface area contributed by atoms with Gasteiger partial charge in [-0.3, -0.25) is 0 Å². The Morgan fingerprint density at radius 1 is 1.70 bits per heavy atom. The highest BCUT2D eigenvalue weighted by Crippen LogP contribution is 2.41. The summed E-state index contributed by atoms with van der Waals surface area (Å²) in [7, 11) is 0. The van der Waals surface area contributed by atoms with Gasteiger partial charge in [-0.05, 0) is 32.1 Å². The molecule has 0 heterocycles. The molecule has 0 aromatic rings. The molecule has 3 N–H and O–H groups in total. The lowest BCUT2D eigenvalue weighted by atomic mass is 9.90. The van der Waals surface area contributed by atoms with Crippen molar-refractivity contribution in [3.8, 4) is 0 Å². The summed E-state index contributed by atoms with van der Waals surface area (Å²) in [6, 6.07) is -0.0417. The van der Waals surface area contributed by atoms with Gasteiger partial charge in [0.25, 0.3) is 0 Å². The highest BCUT2D eigenvalue weighted by Gasteiger charge is 2.43. The molecule has 0 aliphatic heterocycles. The van der Waals surface area contributed by atoms with E-state index in [4.69, 9.17) is 5.73 Å². The van der Waals surface area contributed by atoms with E-state index in [0.29, 0.717) is 5.92 Å². The molecule has 2 unspecified atom stereocenters. The van der Waals surface area contributed by atoms with Gasteiger partial charge in [-0.2, -0.15) is 0 Å². The minimum absolute atomic E-state index is 0.0417. The van der Waals surface area contributed by atoms with Crippen molar-refractivity contribution in [1.29, 1.82) is 0 Å². The van der Waals surface area contributed by atoms with Crippen LogP contribution in [0.1, 0.15) is 33.1 Å². The Kier molecular flexibility index (Phi) is 2.02. The van der Waals surface area contributed by atoms with Crippen LogP contribution in [0.5, 0.6) is 0 Å². The first-order valence-electron chi connectivity index (χ1n) is 4.07. The van der Waals surface area contributed by atoms with Gasteiger partial charge in [-0.1, -0.05) is 6.92 Å². The van der Waals surface area contributed by atoms with Crippen LogP contribution in [0.3, 0.4) is 0 Å². The molecule has 0 amide bonds. The van der Waals surface area contributed by atoms with Crippen LogP contribution in [-0.2, 0) is 0 Å². The fourth-order valence-corrected chi connectivity index (χ4v) is 1.38. The molecule has 2 atom stereocenters. The zero-order chi connectivity index (χ0) is 7.78. The summed E-state index contributed by atoms with van der Waals surface area (Å²) in [4.78, 5) is 0. The maximum Gasteiger partial charge on any atom is 0.0797 e. The number of rotatable bonds is 3. The maximum atomic E-state index is 9.80. The van der Waals surface area contributed by atoms with E-state index >= 15 is 0 Å². The van der Waals surface area contributed by atoms with E-state index in [1.165, 1.54) is 0 Å². The number of aliphatic hydroxyl groups is 1. The van der Waals surface area contributed by atoms with E-state index in [1.54, 1.807) is 0 Å². The molecule has 0 aromatic carbocycles. The van der Waals surface area contributed by atoms with Crippen LogP contribution in [0.15, 0.2) is 0 Å². The zero-order valence-corrected chi connectivity index (χ0v) is 6.80. The molecular formula is C8H17NO. The van der Waals surface area contributed by atoms with Gasteiger partial charge in [0.1, 0.15) is 0 Å². The third kappa shape index (κ3) is 1.32. The van der Waals surface area contributed by atoms with E-state index in [9.17, 15) is 5.11 Å². The van der Waals surface area contributed by atoms with Crippen molar-refractivity contribution in [2.45, 2.75) is 44.8 Å². The first-order valence-corrected chi connectivity index (χ1v) is 4.07. The second kappa shape index (κ2) is 2.51. The van der Waals surface area contributed by atoms with Gasteiger partial charge in [0.05, 0.1) is 5.60 Å². The summed E-state index contributed by atoms with van der Waals surface area (Å²) < 4.78 is 0. The maximum absolute atomic E-state index is 9.80. The predicted molar refractivity (Wildman–Crippen MR) is 41.6 cm³/mol. The van der Waals surface area contributed by atoms with E-state index < -0.39 is 5.60 Å². The van der Waals surface area contributed by atoms with Crippen LogP contribution >= 0.6 is 0 Å². The minimum atomic E-state index is -0.602. The van der Waals surface area contributed by atoms with Gasteiger partial charge in [-0.15, -0.1) is 0 Å². The Balaban J connectivity index is 2.47. The first-order chi connectivity index (χ1) is 4.59. The molecule has 1 rings (SSSR count). The molecule has 1 aliphatic carbocycles. The molecule has 0 aromatic heterocycles. The molecular weight excluding hydrogens is 126 g/mol. The third-order valence-corrected chi connectivity index (χ3v) is 2.59. The highest BCUT2D eigenvalue weighted by atomic mass is 16.3. The fraction of sp³-hybridized carbons (Fsp3) is 1.00. The van der Waals surface area contributed by atoms with Crippen LogP contribution in [0, 0.1) is 5.92 Å². The lowest BCUT2D eigenvalue weighted by molar-refractivity contribution is 0.00962. The molecule has 0 bridgehead atoms. The topological polar surface area (TPSA) is 46.2 Å². The fourth-order valence-electron chi connectivity index (χ4n) is 1.38. The number of hydrogen-bond acceptors (Lipinski definition) is 2. The van der Waals surface area contributed by atoms with E-state index in [0.717, 1.165) is 19.3 Å². The van der Waals surface area contributed by atoms with Gasteiger partial charge in [0.15, 0.2) is 0 Å². The summed E-state index contributed by atoms with van der Waals surface area (Å²) in [5.74, 6) is 0.474. The molecule has 1 aliphatic rings. The van der Waals surface area contributed by atoms with E-state index in [2.05, 4.69) is 0 Å².